The van der Waals surface area contributed by atoms with E-state index in [0.717, 1.165) is 5.56 Å². The Hall–Kier alpha value is -2.65. The minimum absolute atomic E-state index is 0.0424. The van der Waals surface area contributed by atoms with Crippen LogP contribution in [0.3, 0.4) is 0 Å². The number of ketones is 2. The first-order chi connectivity index (χ1) is 12.0. The molecule has 3 aromatic rings. The maximum Gasteiger partial charge on any atom is 0.194 e. The number of carbonyl (C=O) groups excluding carboxylic acids is 2. The monoisotopic (exact) mass is 344 g/mol. The molecule has 1 heterocycles. The third kappa shape index (κ3) is 1.76. The molecule has 0 saturated carbocycles. The summed E-state index contributed by atoms with van der Waals surface area (Å²) in [6.45, 7) is 0. The SMILES string of the molecule is CS1(C)c2ccccc2-c2cc3c(cc21)C(=O)c1ccccc1C3=O. The average Bonchev–Trinajstić information content (AvgIpc) is 2.86. The van der Waals surface area contributed by atoms with Crippen molar-refractivity contribution in [2.75, 3.05) is 12.5 Å². The molecule has 0 radical (unpaired) electrons. The summed E-state index contributed by atoms with van der Waals surface area (Å²) in [6, 6.07) is 19.4. The van der Waals surface area contributed by atoms with E-state index < -0.39 is 10.0 Å². The molecule has 2 aliphatic rings. The maximum absolute atomic E-state index is 13.0. The summed E-state index contributed by atoms with van der Waals surface area (Å²) >= 11 is 0. The second-order valence-electron chi connectivity index (χ2n) is 6.92. The van der Waals surface area contributed by atoms with Gasteiger partial charge in [0.2, 0.25) is 0 Å². The van der Waals surface area contributed by atoms with Gasteiger partial charge < -0.3 is 0 Å². The highest BCUT2D eigenvalue weighted by molar-refractivity contribution is 8.33. The van der Waals surface area contributed by atoms with Crippen molar-refractivity contribution in [1.82, 2.24) is 0 Å². The average molecular weight is 344 g/mol. The summed E-state index contributed by atoms with van der Waals surface area (Å²) in [5.74, 6) is -0.0932. The molecule has 0 atom stereocenters. The lowest BCUT2D eigenvalue weighted by Crippen LogP contribution is -2.21. The van der Waals surface area contributed by atoms with Gasteiger partial charge in [-0.3, -0.25) is 9.59 Å². The lowest BCUT2D eigenvalue weighted by atomic mass is 9.83. The molecule has 3 aromatic carbocycles. The highest BCUT2D eigenvalue weighted by Crippen LogP contribution is 2.67. The number of hydrogen-bond donors (Lipinski definition) is 0. The molecule has 25 heavy (non-hydrogen) atoms. The largest absolute Gasteiger partial charge is 0.289 e. The molecule has 0 amide bonds. The molecule has 122 valence electrons. The van der Waals surface area contributed by atoms with Crippen molar-refractivity contribution in [2.24, 2.45) is 0 Å². The van der Waals surface area contributed by atoms with E-state index in [9.17, 15) is 9.59 Å². The van der Waals surface area contributed by atoms with Crippen molar-refractivity contribution >= 4 is 21.6 Å². The third-order valence-corrected chi connectivity index (χ3v) is 8.19. The summed E-state index contributed by atoms with van der Waals surface area (Å²) in [4.78, 5) is 28.5. The van der Waals surface area contributed by atoms with Gasteiger partial charge in [0, 0.05) is 32.0 Å². The number of hydrogen-bond acceptors (Lipinski definition) is 2. The van der Waals surface area contributed by atoms with Gasteiger partial charge in [-0.05, 0) is 41.8 Å². The molecule has 0 fully saturated rings. The van der Waals surface area contributed by atoms with E-state index in [1.807, 2.05) is 30.3 Å². The Bertz CT molecular complexity index is 1110. The number of rotatable bonds is 0. The Balaban J connectivity index is 1.84. The van der Waals surface area contributed by atoms with E-state index in [2.05, 4.69) is 30.7 Å². The zero-order chi connectivity index (χ0) is 17.3. The van der Waals surface area contributed by atoms with Gasteiger partial charge in [0.1, 0.15) is 0 Å². The molecule has 0 saturated heterocycles. The maximum atomic E-state index is 13.0. The second kappa shape index (κ2) is 4.70. The van der Waals surface area contributed by atoms with Crippen LogP contribution in [0.2, 0.25) is 0 Å². The van der Waals surface area contributed by atoms with Gasteiger partial charge >= 0.3 is 0 Å². The van der Waals surface area contributed by atoms with Gasteiger partial charge in [0.05, 0.1) is 0 Å². The van der Waals surface area contributed by atoms with Crippen molar-refractivity contribution in [3.8, 4) is 11.1 Å². The Morgan fingerprint density at radius 1 is 0.560 bits per heavy atom. The summed E-state index contributed by atoms with van der Waals surface area (Å²) in [5, 5.41) is 0. The lowest BCUT2D eigenvalue weighted by Gasteiger charge is -2.29. The van der Waals surface area contributed by atoms with Gasteiger partial charge in [-0.2, -0.15) is 10.0 Å². The molecular formula is C22H16O2S. The van der Waals surface area contributed by atoms with Gasteiger partial charge in [0.25, 0.3) is 0 Å². The van der Waals surface area contributed by atoms with Crippen LogP contribution in [0.15, 0.2) is 70.5 Å². The van der Waals surface area contributed by atoms with Crippen LogP contribution >= 0.6 is 10.0 Å². The Morgan fingerprint density at radius 3 is 1.72 bits per heavy atom. The lowest BCUT2D eigenvalue weighted by molar-refractivity contribution is 0.0979. The first kappa shape index (κ1) is 14.7. The van der Waals surface area contributed by atoms with Crippen LogP contribution in [-0.2, 0) is 0 Å². The van der Waals surface area contributed by atoms with Crippen LogP contribution in [-0.4, -0.2) is 24.1 Å². The third-order valence-electron chi connectivity index (χ3n) is 5.30. The van der Waals surface area contributed by atoms with Crippen molar-refractivity contribution in [1.29, 1.82) is 0 Å². The van der Waals surface area contributed by atoms with Crippen molar-refractivity contribution in [2.45, 2.75) is 9.79 Å². The van der Waals surface area contributed by atoms with Gasteiger partial charge in [-0.1, -0.05) is 42.5 Å². The molecule has 1 aliphatic heterocycles. The number of benzene rings is 3. The predicted octanol–water partition coefficient (Wildman–Crippen LogP) is 4.92. The van der Waals surface area contributed by atoms with E-state index in [1.165, 1.54) is 15.4 Å². The van der Waals surface area contributed by atoms with Gasteiger partial charge in [-0.15, -0.1) is 0 Å². The molecule has 2 nitrogen and oxygen atoms in total. The zero-order valence-electron chi connectivity index (χ0n) is 14.0. The first-order valence-corrected chi connectivity index (χ1v) is 10.6. The van der Waals surface area contributed by atoms with Crippen LogP contribution < -0.4 is 0 Å². The van der Waals surface area contributed by atoms with E-state index in [-0.39, 0.29) is 11.6 Å². The summed E-state index contributed by atoms with van der Waals surface area (Å²) in [7, 11) is -1.18. The summed E-state index contributed by atoms with van der Waals surface area (Å²) in [6.07, 6.45) is 4.51. The first-order valence-electron chi connectivity index (χ1n) is 8.19. The Kier molecular flexibility index (Phi) is 2.76. The van der Waals surface area contributed by atoms with Crippen LogP contribution in [0.1, 0.15) is 31.8 Å². The molecular weight excluding hydrogens is 328 g/mol. The van der Waals surface area contributed by atoms with Crippen LogP contribution in [0.4, 0.5) is 0 Å². The van der Waals surface area contributed by atoms with Crippen molar-refractivity contribution in [3.05, 3.63) is 82.9 Å². The molecule has 0 N–H and O–H groups in total. The number of fused-ring (bicyclic) bond motifs is 5. The molecule has 0 aromatic heterocycles. The minimum atomic E-state index is -1.18. The Morgan fingerprint density at radius 2 is 1.08 bits per heavy atom. The normalized spacial score (nSPS) is 17.4. The van der Waals surface area contributed by atoms with E-state index in [1.54, 1.807) is 12.1 Å². The standard InChI is InChI=1S/C22H16O2S/c1-25(2)19-10-6-5-7-13(19)16-11-17-18(12-20(16)25)22(24)15-9-4-3-8-14(15)21(17)23/h3-12H,1-2H3. The van der Waals surface area contributed by atoms with Gasteiger partial charge in [0.15, 0.2) is 11.6 Å². The topological polar surface area (TPSA) is 34.1 Å². The molecule has 1 aliphatic carbocycles. The van der Waals surface area contributed by atoms with Crippen molar-refractivity contribution in [3.63, 3.8) is 0 Å². The number of carbonyl (C=O) groups is 2. The van der Waals surface area contributed by atoms with E-state index >= 15 is 0 Å². The molecule has 0 unspecified atom stereocenters. The molecule has 0 bridgehead atoms. The molecule has 0 spiro atoms. The fraction of sp³-hybridized carbons (Fsp3) is 0.0909. The van der Waals surface area contributed by atoms with Crippen LogP contribution in [0.5, 0.6) is 0 Å². The van der Waals surface area contributed by atoms with Crippen LogP contribution in [0, 0.1) is 0 Å². The Labute approximate surface area is 147 Å². The van der Waals surface area contributed by atoms with Crippen molar-refractivity contribution < 1.29 is 9.59 Å². The summed E-state index contributed by atoms with van der Waals surface area (Å²) in [5.41, 5.74) is 4.42. The fourth-order valence-corrected chi connectivity index (χ4v) is 6.52. The molecule has 3 heteroatoms. The van der Waals surface area contributed by atoms with E-state index in [0.29, 0.717) is 22.3 Å². The molecule has 5 rings (SSSR count). The predicted molar refractivity (Wildman–Crippen MR) is 101 cm³/mol. The second-order valence-corrected chi connectivity index (χ2v) is 10.5. The highest BCUT2D eigenvalue weighted by Gasteiger charge is 2.36. The van der Waals surface area contributed by atoms with Crippen LogP contribution in [0.25, 0.3) is 11.1 Å². The fourth-order valence-electron chi connectivity index (χ4n) is 4.01. The summed E-state index contributed by atoms with van der Waals surface area (Å²) < 4.78 is 0. The quantitative estimate of drug-likeness (QED) is 0.453. The zero-order valence-corrected chi connectivity index (χ0v) is 14.8. The van der Waals surface area contributed by atoms with Gasteiger partial charge in [-0.25, -0.2) is 0 Å². The van der Waals surface area contributed by atoms with E-state index in [4.69, 9.17) is 0 Å². The smallest absolute Gasteiger partial charge is 0.194 e. The minimum Gasteiger partial charge on any atom is -0.289 e. The highest BCUT2D eigenvalue weighted by atomic mass is 32.3.